The Kier molecular flexibility index (Phi) is 13.2. The van der Waals surface area contributed by atoms with Crippen molar-refractivity contribution >= 4 is 29.0 Å². The molecule has 1 saturated carbocycles. The van der Waals surface area contributed by atoms with Crippen molar-refractivity contribution in [3.05, 3.63) is 94.1 Å². The fourth-order valence-corrected chi connectivity index (χ4v) is 11.1. The number of carbonyl (C=O) groups is 2. The monoisotopic (exact) mass is 893 g/mol. The smallest absolute Gasteiger partial charge is 0.244 e. The number of likely N-dealkylation sites (N-methyl/N-ethyl adjacent to an activating group) is 1. The van der Waals surface area contributed by atoms with Gasteiger partial charge in [0.15, 0.2) is 0 Å². The molecular formula is C50H64ClN7O6. The summed E-state index contributed by atoms with van der Waals surface area (Å²) in [6.07, 6.45) is 5.39. The van der Waals surface area contributed by atoms with Crippen molar-refractivity contribution in [1.82, 2.24) is 31.1 Å². The molecule has 2 atom stereocenters. The van der Waals surface area contributed by atoms with Gasteiger partial charge in [-0.1, -0.05) is 57.5 Å². The second-order valence-corrected chi connectivity index (χ2v) is 20.4. The predicted octanol–water partition coefficient (Wildman–Crippen LogP) is 6.14. The zero-order valence-electron chi connectivity index (χ0n) is 38.2. The number of piperidine rings is 1. The van der Waals surface area contributed by atoms with Crippen LogP contribution in [0.5, 0.6) is 17.2 Å². The summed E-state index contributed by atoms with van der Waals surface area (Å²) in [4.78, 5) is 30.6. The molecule has 0 radical (unpaired) electrons. The zero-order valence-corrected chi connectivity index (χ0v) is 38.9. The molecule has 3 saturated heterocycles. The van der Waals surface area contributed by atoms with Crippen molar-refractivity contribution in [2.75, 3.05) is 46.4 Å². The summed E-state index contributed by atoms with van der Waals surface area (Å²) in [5, 5.41) is 34.4. The SMILES string of the molecule is CN1C=C(c2cc(C(C)(C)O)ccc2Oc2cccc(CCOC3CCN(C4NCC(C(=O)NC5C(C)(C)C(Oc6ccc(C#N)c(Cl)c6)C5(C)C)CN4)CC3)c2)C2CCNC2C1=O. The maximum Gasteiger partial charge on any atom is 0.244 e. The largest absolute Gasteiger partial charge is 0.489 e. The van der Waals surface area contributed by atoms with E-state index in [1.807, 2.05) is 36.5 Å². The summed E-state index contributed by atoms with van der Waals surface area (Å²) in [5.41, 5.74) is 2.53. The van der Waals surface area contributed by atoms with Gasteiger partial charge in [0, 0.05) is 73.8 Å². The molecule has 342 valence electrons. The van der Waals surface area contributed by atoms with Gasteiger partial charge in [0.25, 0.3) is 0 Å². The number of halogens is 1. The minimum Gasteiger partial charge on any atom is -0.489 e. The fraction of sp³-hybridized carbons (Fsp3) is 0.540. The van der Waals surface area contributed by atoms with Gasteiger partial charge in [-0.05, 0) is 99.2 Å². The van der Waals surface area contributed by atoms with Gasteiger partial charge in [-0.3, -0.25) is 25.1 Å². The summed E-state index contributed by atoms with van der Waals surface area (Å²) >= 11 is 6.27. The van der Waals surface area contributed by atoms with E-state index < -0.39 is 5.60 Å². The van der Waals surface area contributed by atoms with Crippen LogP contribution in [-0.2, 0) is 26.3 Å². The highest BCUT2D eigenvalue weighted by Crippen LogP contribution is 2.55. The maximum atomic E-state index is 13.6. The van der Waals surface area contributed by atoms with Crippen molar-refractivity contribution in [1.29, 1.82) is 5.26 Å². The molecule has 0 aromatic heterocycles. The van der Waals surface area contributed by atoms with Gasteiger partial charge in [-0.25, -0.2) is 0 Å². The van der Waals surface area contributed by atoms with Crippen LogP contribution in [0.3, 0.4) is 0 Å². The number of amides is 2. The Morgan fingerprint density at radius 3 is 2.41 bits per heavy atom. The topological polar surface area (TPSA) is 160 Å². The van der Waals surface area contributed by atoms with Crippen LogP contribution in [0.4, 0.5) is 0 Å². The first kappa shape index (κ1) is 46.0. The number of rotatable bonds is 13. The molecule has 2 unspecified atom stereocenters. The van der Waals surface area contributed by atoms with Crippen molar-refractivity contribution in [3.63, 3.8) is 0 Å². The summed E-state index contributed by atoms with van der Waals surface area (Å²) in [5.74, 6) is 1.94. The number of benzene rings is 3. The standard InChI is InChI=1S/C50H64ClN7O6/c1-48(2)45(49(3,4)46(48)64-36-13-11-31(26-52)40(51)25-36)56-43(59)32-27-54-47(55-28-32)58-20-16-34(17-21-58)62-22-18-30-9-8-10-35(23-30)63-41-14-12-33(50(5,6)61)24-38(41)39-29-57(7)44(60)42-37(39)15-19-53-42/h8-14,23-25,29,32,34,37,42,45-47,53-55,61H,15-22,27-28H2,1-7H3,(H,56,59). The number of likely N-dealkylation sites (tertiary alicyclic amines) is 1. The first-order valence-electron chi connectivity index (χ1n) is 22.8. The average Bonchev–Trinajstić information content (AvgIpc) is 3.77. The number of aliphatic hydroxyl groups is 1. The number of carbonyl (C=O) groups excluding carboxylic acids is 2. The molecule has 5 N–H and O–H groups in total. The van der Waals surface area contributed by atoms with E-state index in [0.29, 0.717) is 41.8 Å². The maximum absolute atomic E-state index is 13.6. The second-order valence-electron chi connectivity index (χ2n) is 20.0. The molecule has 4 aliphatic heterocycles. The molecule has 13 nitrogen and oxygen atoms in total. The molecule has 5 aliphatic rings. The summed E-state index contributed by atoms with van der Waals surface area (Å²) in [6.45, 7) is 16.3. The minimum absolute atomic E-state index is 0.00209. The van der Waals surface area contributed by atoms with Gasteiger partial charge in [0.05, 0.1) is 40.9 Å². The highest BCUT2D eigenvalue weighted by molar-refractivity contribution is 6.31. The van der Waals surface area contributed by atoms with E-state index in [1.54, 1.807) is 44.0 Å². The predicted molar refractivity (Wildman–Crippen MR) is 246 cm³/mol. The molecule has 3 aromatic carbocycles. The Labute approximate surface area is 382 Å². The molecule has 8 rings (SSSR count). The molecule has 0 bridgehead atoms. The first-order chi connectivity index (χ1) is 30.4. The Bertz CT molecular complexity index is 2270. The van der Waals surface area contributed by atoms with E-state index >= 15 is 0 Å². The van der Waals surface area contributed by atoms with Gasteiger partial charge in [0.2, 0.25) is 11.8 Å². The molecule has 2 amide bonds. The highest BCUT2D eigenvalue weighted by Gasteiger charge is 2.64. The Balaban J connectivity index is 0.788. The minimum atomic E-state index is -1.04. The fourth-order valence-electron chi connectivity index (χ4n) is 10.9. The zero-order chi connectivity index (χ0) is 45.6. The summed E-state index contributed by atoms with van der Waals surface area (Å²) < 4.78 is 19.4. The molecule has 0 spiro atoms. The van der Waals surface area contributed by atoms with E-state index in [2.05, 4.69) is 72.1 Å². The Hall–Kier alpha value is -4.52. The summed E-state index contributed by atoms with van der Waals surface area (Å²) in [7, 11) is 1.79. The lowest BCUT2D eigenvalue weighted by Gasteiger charge is -2.63. The van der Waals surface area contributed by atoms with Crippen molar-refractivity contribution in [2.24, 2.45) is 22.7 Å². The number of nitriles is 1. The average molecular weight is 895 g/mol. The van der Waals surface area contributed by atoms with Crippen LogP contribution in [0.1, 0.15) is 83.1 Å². The number of fused-ring (bicyclic) bond motifs is 1. The van der Waals surface area contributed by atoms with Crippen LogP contribution >= 0.6 is 11.6 Å². The van der Waals surface area contributed by atoms with E-state index in [1.165, 1.54) is 0 Å². The van der Waals surface area contributed by atoms with Crippen LogP contribution in [-0.4, -0.2) is 104 Å². The van der Waals surface area contributed by atoms with Crippen molar-refractivity contribution in [3.8, 4) is 23.3 Å². The third kappa shape index (κ3) is 9.43. The van der Waals surface area contributed by atoms with E-state index in [-0.39, 0.29) is 65.1 Å². The van der Waals surface area contributed by atoms with E-state index in [9.17, 15) is 20.0 Å². The lowest BCUT2D eigenvalue weighted by molar-refractivity contribution is -0.174. The molecule has 1 aliphatic carbocycles. The van der Waals surface area contributed by atoms with Gasteiger partial charge < -0.3 is 34.9 Å². The highest BCUT2D eigenvalue weighted by atomic mass is 35.5. The number of nitrogens with one attached hydrogen (secondary N) is 4. The Morgan fingerprint density at radius 1 is 0.984 bits per heavy atom. The number of hydrogen-bond acceptors (Lipinski definition) is 11. The van der Waals surface area contributed by atoms with E-state index in [4.69, 9.17) is 25.8 Å². The molecule has 3 aromatic rings. The second kappa shape index (κ2) is 18.4. The molecule has 14 heteroatoms. The first-order valence-corrected chi connectivity index (χ1v) is 23.2. The normalized spacial score (nSPS) is 26.9. The third-order valence-corrected chi connectivity index (χ3v) is 14.5. The van der Waals surface area contributed by atoms with Gasteiger partial charge in [0.1, 0.15) is 35.7 Å². The van der Waals surface area contributed by atoms with Gasteiger partial charge >= 0.3 is 0 Å². The molecule has 4 heterocycles. The van der Waals surface area contributed by atoms with Gasteiger partial charge in [-0.15, -0.1) is 0 Å². The van der Waals surface area contributed by atoms with Gasteiger partial charge in [-0.2, -0.15) is 5.26 Å². The summed E-state index contributed by atoms with van der Waals surface area (Å²) in [6, 6.07) is 20.8. The van der Waals surface area contributed by atoms with E-state index in [0.717, 1.165) is 73.3 Å². The number of ether oxygens (including phenoxy) is 3. The van der Waals surface area contributed by atoms with Crippen LogP contribution in [0.15, 0.2) is 66.9 Å². The number of hydrogen-bond donors (Lipinski definition) is 5. The van der Waals surface area contributed by atoms with Crippen LogP contribution < -0.4 is 30.7 Å². The van der Waals surface area contributed by atoms with Crippen molar-refractivity contribution < 1.29 is 28.9 Å². The Morgan fingerprint density at radius 2 is 1.72 bits per heavy atom. The lowest BCUT2D eigenvalue weighted by atomic mass is 9.49. The van der Waals surface area contributed by atoms with Crippen LogP contribution in [0.2, 0.25) is 5.02 Å². The quantitative estimate of drug-likeness (QED) is 0.134. The molecule has 64 heavy (non-hydrogen) atoms. The molecular weight excluding hydrogens is 830 g/mol. The van der Waals surface area contributed by atoms with Crippen LogP contribution in [0, 0.1) is 34.0 Å². The number of nitrogens with zero attached hydrogens (tertiary/aromatic N) is 3. The lowest BCUT2D eigenvalue weighted by Crippen LogP contribution is -2.75. The van der Waals surface area contributed by atoms with Crippen molar-refractivity contribution in [2.45, 2.75) is 103 Å². The van der Waals surface area contributed by atoms with Crippen LogP contribution in [0.25, 0.3) is 5.57 Å². The molecule has 4 fully saturated rings. The third-order valence-electron chi connectivity index (χ3n) is 14.2.